The molecule has 2 aromatic heterocycles. The van der Waals surface area contributed by atoms with Crippen LogP contribution in [0.2, 0.25) is 0 Å². The summed E-state index contributed by atoms with van der Waals surface area (Å²) in [6, 6.07) is 14.2. The average Bonchev–Trinajstić information content (AvgIpc) is 3.46. The molecule has 0 fully saturated rings. The van der Waals surface area contributed by atoms with E-state index in [1.54, 1.807) is 24.3 Å². The number of rotatable bonds is 2. The number of fused-ring (bicyclic) bond motifs is 2. The van der Waals surface area contributed by atoms with E-state index in [9.17, 15) is 40.4 Å². The maximum Gasteiger partial charge on any atom is 0.308 e. The lowest BCUT2D eigenvalue weighted by Crippen LogP contribution is -1.96. The van der Waals surface area contributed by atoms with Gasteiger partial charge in [0.2, 0.25) is 0 Å². The number of nitriles is 6. The molecule has 0 bridgehead atoms. The van der Waals surface area contributed by atoms with Gasteiger partial charge in [0.05, 0.1) is 11.1 Å². The summed E-state index contributed by atoms with van der Waals surface area (Å²) in [5, 5.41) is 59.3. The Morgan fingerprint density at radius 2 is 0.850 bits per heavy atom. The monoisotopic (exact) mass is 520 g/mol. The highest BCUT2D eigenvalue weighted by Gasteiger charge is 2.37. The number of nitrogens with zero attached hydrogens (tertiary/aromatic N) is 10. The van der Waals surface area contributed by atoms with Crippen LogP contribution in [-0.2, 0) is 0 Å². The number of hydrogen-bond donors (Lipinski definition) is 0. The van der Waals surface area contributed by atoms with Crippen LogP contribution >= 0.6 is 0 Å². The van der Waals surface area contributed by atoms with Gasteiger partial charge in [0.25, 0.3) is 0 Å². The summed E-state index contributed by atoms with van der Waals surface area (Å²) in [5.41, 5.74) is 0.702. The first-order valence-electron chi connectivity index (χ1n) is 11.0. The van der Waals surface area contributed by atoms with Gasteiger partial charge in [-0.1, -0.05) is 0 Å². The Bertz CT molecular complexity index is 1870. The number of hydrogen-bond acceptors (Lipinski definition) is 10. The van der Waals surface area contributed by atoms with Gasteiger partial charge < -0.3 is 0 Å². The van der Waals surface area contributed by atoms with E-state index < -0.39 is 12.2 Å². The second-order valence-corrected chi connectivity index (χ2v) is 8.10. The largest absolute Gasteiger partial charge is 0.308 e. The summed E-state index contributed by atoms with van der Waals surface area (Å²) in [7, 11) is 0. The molecule has 40 heavy (non-hydrogen) atoms. The molecule has 0 saturated heterocycles. The minimum absolute atomic E-state index is 0.0158. The van der Waals surface area contributed by atoms with E-state index in [1.807, 2.05) is 12.1 Å². The Labute approximate surface area is 223 Å². The third-order valence-electron chi connectivity index (χ3n) is 6.22. The molecule has 1 aromatic carbocycles. The first kappa shape index (κ1) is 24.8. The molecule has 2 aliphatic rings. The summed E-state index contributed by atoms with van der Waals surface area (Å²) in [4.78, 5) is 14.1. The highest BCUT2D eigenvalue weighted by molar-refractivity contribution is 6.29. The SMILES string of the molecule is N#CC(C#N)=C1C(c2cnc(F)nc2)=C(C#N)c2cc3c(cc21)C(C#N)=C(c1cnc(F)nc1)C3=C(C#N)C#N. The minimum atomic E-state index is -1.03. The van der Waals surface area contributed by atoms with Crippen molar-refractivity contribution in [2.24, 2.45) is 0 Å². The second kappa shape index (κ2) is 9.55. The number of benzene rings is 1. The van der Waals surface area contributed by atoms with Gasteiger partial charge in [-0.2, -0.15) is 40.4 Å². The molecule has 12 heteroatoms. The molecule has 182 valence electrons. The predicted octanol–water partition coefficient (Wildman–Crippen LogP) is 4.04. The summed E-state index contributed by atoms with van der Waals surface area (Å²) >= 11 is 0. The van der Waals surface area contributed by atoms with Crippen LogP contribution in [0.4, 0.5) is 8.78 Å². The van der Waals surface area contributed by atoms with E-state index in [-0.39, 0.29) is 78.0 Å². The van der Waals surface area contributed by atoms with Crippen molar-refractivity contribution in [3.05, 3.63) is 93.6 Å². The zero-order chi connectivity index (χ0) is 28.6. The molecule has 0 spiro atoms. The van der Waals surface area contributed by atoms with Crippen LogP contribution in [0.25, 0.3) is 33.4 Å². The number of halogens is 2. The van der Waals surface area contributed by atoms with Gasteiger partial charge in [-0.15, -0.1) is 0 Å². The van der Waals surface area contributed by atoms with Crippen LogP contribution in [0.15, 0.2) is 48.1 Å². The fourth-order valence-electron chi connectivity index (χ4n) is 4.70. The maximum atomic E-state index is 13.5. The Kier molecular flexibility index (Phi) is 5.92. The van der Waals surface area contributed by atoms with Gasteiger partial charge >= 0.3 is 12.2 Å². The Morgan fingerprint density at radius 3 is 1.12 bits per heavy atom. The summed E-state index contributed by atoms with van der Waals surface area (Å²) in [5.74, 6) is 0. The minimum Gasteiger partial charge on any atom is -0.210 e. The Morgan fingerprint density at radius 1 is 0.525 bits per heavy atom. The lowest BCUT2D eigenvalue weighted by atomic mass is 9.90. The van der Waals surface area contributed by atoms with Crippen molar-refractivity contribution in [3.63, 3.8) is 0 Å². The molecule has 3 aromatic rings. The Balaban J connectivity index is 1.92. The van der Waals surface area contributed by atoms with Crippen molar-refractivity contribution in [1.29, 1.82) is 31.6 Å². The van der Waals surface area contributed by atoms with Gasteiger partial charge in [0.15, 0.2) is 0 Å². The van der Waals surface area contributed by atoms with Crippen LogP contribution in [-0.4, -0.2) is 19.9 Å². The molecule has 10 nitrogen and oxygen atoms in total. The van der Waals surface area contributed by atoms with Crippen molar-refractivity contribution in [3.8, 4) is 36.4 Å². The molecule has 0 aliphatic heterocycles. The summed E-state index contributed by atoms with van der Waals surface area (Å²) < 4.78 is 27.0. The third-order valence-corrected chi connectivity index (χ3v) is 6.22. The second-order valence-electron chi connectivity index (χ2n) is 8.10. The molecule has 0 unspecified atom stereocenters. The first-order valence-corrected chi connectivity index (χ1v) is 11.0. The van der Waals surface area contributed by atoms with Gasteiger partial charge in [-0.25, -0.2) is 19.9 Å². The van der Waals surface area contributed by atoms with Crippen molar-refractivity contribution in [2.45, 2.75) is 0 Å². The predicted molar refractivity (Wildman–Crippen MR) is 132 cm³/mol. The molecular weight excluding hydrogens is 514 g/mol. The van der Waals surface area contributed by atoms with Crippen molar-refractivity contribution in [1.82, 2.24) is 19.9 Å². The quantitative estimate of drug-likeness (QED) is 0.351. The lowest BCUT2D eigenvalue weighted by Gasteiger charge is -2.10. The molecule has 2 aliphatic carbocycles. The van der Waals surface area contributed by atoms with Crippen LogP contribution in [0.5, 0.6) is 0 Å². The van der Waals surface area contributed by atoms with Crippen LogP contribution in [0.1, 0.15) is 33.4 Å². The standard InChI is InChI=1S/C28H6F2N10/c29-27-37-9-15(10-38-27)25-21(7-35)17-1-19-18(2-20(17)24(25)14(5-33)6-34)22(8-36)26(23(19)13(3-31)4-32)16-11-39-28(30)40-12-16/h1-2,9-12H. The van der Waals surface area contributed by atoms with Crippen molar-refractivity contribution >= 4 is 33.4 Å². The lowest BCUT2D eigenvalue weighted by molar-refractivity contribution is 0.537. The van der Waals surface area contributed by atoms with Gasteiger partial charge in [0, 0.05) is 69.3 Å². The van der Waals surface area contributed by atoms with E-state index in [0.717, 1.165) is 24.8 Å². The first-order chi connectivity index (χ1) is 19.4. The van der Waals surface area contributed by atoms with Gasteiger partial charge in [0.1, 0.15) is 47.6 Å². The molecule has 0 atom stereocenters. The van der Waals surface area contributed by atoms with E-state index in [2.05, 4.69) is 19.9 Å². The zero-order valence-corrected chi connectivity index (χ0v) is 19.7. The highest BCUT2D eigenvalue weighted by Crippen LogP contribution is 2.54. The molecule has 2 heterocycles. The maximum absolute atomic E-state index is 13.5. The summed E-state index contributed by atoms with van der Waals surface area (Å²) in [6.45, 7) is 0. The molecular formula is C28H6F2N10. The zero-order valence-electron chi connectivity index (χ0n) is 19.7. The average molecular weight is 520 g/mol. The van der Waals surface area contributed by atoms with Crippen LogP contribution in [0, 0.1) is 80.1 Å². The molecule has 0 saturated carbocycles. The topological polar surface area (TPSA) is 194 Å². The van der Waals surface area contributed by atoms with E-state index in [1.165, 1.54) is 12.1 Å². The normalized spacial score (nSPS) is 12.8. The number of allylic oxidation sites excluding steroid dienone is 8. The van der Waals surface area contributed by atoms with E-state index in [4.69, 9.17) is 0 Å². The van der Waals surface area contributed by atoms with E-state index in [0.29, 0.717) is 0 Å². The van der Waals surface area contributed by atoms with Crippen LogP contribution in [0.3, 0.4) is 0 Å². The Hall–Kier alpha value is -6.86. The van der Waals surface area contributed by atoms with Crippen LogP contribution < -0.4 is 0 Å². The summed E-state index contributed by atoms with van der Waals surface area (Å²) in [6.07, 6.45) is 2.35. The fraction of sp³-hybridized carbons (Fsp3) is 0. The highest BCUT2D eigenvalue weighted by atomic mass is 19.1. The fourth-order valence-corrected chi connectivity index (χ4v) is 4.70. The van der Waals surface area contributed by atoms with Crippen molar-refractivity contribution in [2.75, 3.05) is 0 Å². The molecule has 0 amide bonds. The molecule has 0 radical (unpaired) electrons. The molecule has 0 N–H and O–H groups in total. The third kappa shape index (κ3) is 3.56. The van der Waals surface area contributed by atoms with Gasteiger partial charge in [-0.05, 0) is 23.3 Å². The number of aromatic nitrogens is 4. The molecule has 5 rings (SSSR count). The van der Waals surface area contributed by atoms with E-state index >= 15 is 0 Å². The smallest absolute Gasteiger partial charge is 0.210 e. The van der Waals surface area contributed by atoms with Gasteiger partial charge in [-0.3, -0.25) is 0 Å². The van der Waals surface area contributed by atoms with Crippen molar-refractivity contribution < 1.29 is 8.78 Å².